The molecule has 0 radical (unpaired) electrons. The molecule has 0 saturated carbocycles. The fourth-order valence-electron chi connectivity index (χ4n) is 3.35. The highest BCUT2D eigenvalue weighted by Gasteiger charge is 2.28. The van der Waals surface area contributed by atoms with E-state index in [0.717, 1.165) is 17.3 Å². The summed E-state index contributed by atoms with van der Waals surface area (Å²) in [5.41, 5.74) is 0.964. The molecule has 7 nitrogen and oxygen atoms in total. The number of aryl methyl sites for hydroxylation is 3. The first-order valence-electron chi connectivity index (χ1n) is 8.86. The van der Waals surface area contributed by atoms with E-state index in [4.69, 9.17) is 4.74 Å². The van der Waals surface area contributed by atoms with E-state index >= 15 is 0 Å². The van der Waals surface area contributed by atoms with E-state index in [1.807, 2.05) is 35.8 Å². The van der Waals surface area contributed by atoms with Gasteiger partial charge >= 0.3 is 0 Å². The van der Waals surface area contributed by atoms with Gasteiger partial charge in [-0.25, -0.2) is 9.97 Å². The van der Waals surface area contributed by atoms with Crippen molar-refractivity contribution in [2.75, 3.05) is 19.7 Å². The lowest BCUT2D eigenvalue weighted by Crippen LogP contribution is -2.43. The maximum Gasteiger partial charge on any atom is 0.224 e. The second-order valence-electron chi connectivity index (χ2n) is 6.93. The molecule has 0 N–H and O–H groups in total. The minimum atomic E-state index is -0.157. The summed E-state index contributed by atoms with van der Waals surface area (Å²) in [5, 5.41) is 0. The van der Waals surface area contributed by atoms with E-state index in [2.05, 4.69) is 28.4 Å². The summed E-state index contributed by atoms with van der Waals surface area (Å²) in [6.45, 7) is 8.60. The van der Waals surface area contributed by atoms with Crippen molar-refractivity contribution in [1.29, 1.82) is 0 Å². The van der Waals surface area contributed by atoms with Gasteiger partial charge in [-0.1, -0.05) is 13.8 Å². The number of hydrogen-bond donors (Lipinski definition) is 0. The molecule has 25 heavy (non-hydrogen) atoms. The van der Waals surface area contributed by atoms with Crippen LogP contribution in [-0.2, 0) is 23.1 Å². The van der Waals surface area contributed by atoms with Gasteiger partial charge in [-0.15, -0.1) is 0 Å². The molecule has 1 aliphatic heterocycles. The predicted octanol–water partition coefficient (Wildman–Crippen LogP) is 2.04. The maximum absolute atomic E-state index is 12.7. The Labute approximate surface area is 148 Å². The molecule has 0 spiro atoms. The van der Waals surface area contributed by atoms with Crippen LogP contribution in [0.2, 0.25) is 0 Å². The van der Waals surface area contributed by atoms with Crippen molar-refractivity contribution in [3.8, 4) is 0 Å². The number of aromatic nitrogens is 4. The van der Waals surface area contributed by atoms with Gasteiger partial charge in [-0.2, -0.15) is 0 Å². The Morgan fingerprint density at radius 1 is 1.44 bits per heavy atom. The molecule has 2 aromatic rings. The number of nitrogens with zero attached hydrogens (tertiary/aromatic N) is 5. The lowest BCUT2D eigenvalue weighted by molar-refractivity contribution is -0.139. The first kappa shape index (κ1) is 17.7. The molecule has 3 heterocycles. The monoisotopic (exact) mass is 345 g/mol. The highest BCUT2D eigenvalue weighted by Crippen LogP contribution is 2.22. The minimum absolute atomic E-state index is 0.155. The highest BCUT2D eigenvalue weighted by atomic mass is 16.5. The molecule has 0 aromatic carbocycles. The van der Waals surface area contributed by atoms with Crippen LogP contribution in [0.1, 0.15) is 49.6 Å². The third kappa shape index (κ3) is 3.92. The van der Waals surface area contributed by atoms with E-state index in [1.54, 1.807) is 6.20 Å². The molecule has 7 heteroatoms. The van der Waals surface area contributed by atoms with Gasteiger partial charge in [-0.3, -0.25) is 4.79 Å². The zero-order valence-electron chi connectivity index (χ0n) is 15.5. The third-order valence-corrected chi connectivity index (χ3v) is 4.57. The Morgan fingerprint density at radius 2 is 2.24 bits per heavy atom. The van der Waals surface area contributed by atoms with Crippen molar-refractivity contribution in [3.63, 3.8) is 0 Å². The molecule has 0 aliphatic carbocycles. The summed E-state index contributed by atoms with van der Waals surface area (Å²) < 4.78 is 9.90. The molecule has 1 saturated heterocycles. The van der Waals surface area contributed by atoms with Crippen LogP contribution in [0.5, 0.6) is 0 Å². The standard InChI is InChI=1S/C18H27N5O2/c1-13(2)17-19-6-8-22(17)7-5-16(24)23-9-10-25-15(12-23)18-20-14(3)11-21(18)4/h6,8,11,13,15H,5,7,9-10,12H2,1-4H3/t15-/m1/s1. The Hall–Kier alpha value is -2.15. The van der Waals surface area contributed by atoms with Gasteiger partial charge in [0.25, 0.3) is 0 Å². The van der Waals surface area contributed by atoms with Crippen LogP contribution in [0.25, 0.3) is 0 Å². The van der Waals surface area contributed by atoms with E-state index in [1.165, 1.54) is 0 Å². The third-order valence-electron chi connectivity index (χ3n) is 4.57. The van der Waals surface area contributed by atoms with E-state index in [0.29, 0.717) is 38.6 Å². The molecular formula is C18H27N5O2. The van der Waals surface area contributed by atoms with Crippen molar-refractivity contribution in [1.82, 2.24) is 24.0 Å². The summed E-state index contributed by atoms with van der Waals surface area (Å²) in [4.78, 5) is 23.5. The first-order valence-corrected chi connectivity index (χ1v) is 8.86. The molecule has 1 aliphatic rings. The molecule has 0 unspecified atom stereocenters. The van der Waals surface area contributed by atoms with Crippen molar-refractivity contribution in [3.05, 3.63) is 35.9 Å². The Bertz CT molecular complexity index is 734. The molecule has 1 amide bonds. The predicted molar refractivity (Wildman–Crippen MR) is 94.2 cm³/mol. The summed E-state index contributed by atoms with van der Waals surface area (Å²) in [7, 11) is 1.96. The maximum atomic E-state index is 12.7. The van der Waals surface area contributed by atoms with Crippen LogP contribution < -0.4 is 0 Å². The number of amides is 1. The molecule has 1 fully saturated rings. The molecular weight excluding hydrogens is 318 g/mol. The zero-order valence-corrected chi connectivity index (χ0v) is 15.5. The quantitative estimate of drug-likeness (QED) is 0.832. The van der Waals surface area contributed by atoms with Crippen LogP contribution >= 0.6 is 0 Å². The fraction of sp³-hybridized carbons (Fsp3) is 0.611. The lowest BCUT2D eigenvalue weighted by atomic mass is 10.2. The Balaban J connectivity index is 1.60. The average Bonchev–Trinajstić information content (AvgIpc) is 3.18. The number of imidazole rings is 2. The van der Waals surface area contributed by atoms with Crippen molar-refractivity contribution in [2.24, 2.45) is 7.05 Å². The van der Waals surface area contributed by atoms with Gasteiger partial charge in [0.05, 0.1) is 18.8 Å². The average molecular weight is 345 g/mol. The Kier molecular flexibility index (Phi) is 5.22. The zero-order chi connectivity index (χ0) is 18.0. The van der Waals surface area contributed by atoms with Gasteiger partial charge in [-0.05, 0) is 6.92 Å². The van der Waals surface area contributed by atoms with Crippen molar-refractivity contribution in [2.45, 2.75) is 45.8 Å². The number of hydrogen-bond acceptors (Lipinski definition) is 4. The van der Waals surface area contributed by atoms with E-state index < -0.39 is 0 Å². The number of ether oxygens (including phenoxy) is 1. The minimum Gasteiger partial charge on any atom is -0.367 e. The number of carbonyl (C=O) groups is 1. The summed E-state index contributed by atoms with van der Waals surface area (Å²) in [5.74, 6) is 2.41. The summed E-state index contributed by atoms with van der Waals surface area (Å²) >= 11 is 0. The van der Waals surface area contributed by atoms with Gasteiger partial charge in [0.15, 0.2) is 0 Å². The van der Waals surface area contributed by atoms with Crippen LogP contribution in [0.15, 0.2) is 18.6 Å². The number of morpholine rings is 1. The molecule has 0 bridgehead atoms. The highest BCUT2D eigenvalue weighted by molar-refractivity contribution is 5.76. The van der Waals surface area contributed by atoms with Gasteiger partial charge < -0.3 is 18.8 Å². The smallest absolute Gasteiger partial charge is 0.224 e. The number of rotatable bonds is 5. The largest absolute Gasteiger partial charge is 0.367 e. The molecule has 1 atom stereocenters. The SMILES string of the molecule is Cc1cn(C)c([C@H]2CN(C(=O)CCn3ccnc3C(C)C)CCO2)n1. The number of carbonyl (C=O) groups excluding carboxylic acids is 1. The van der Waals surface area contributed by atoms with E-state index in [-0.39, 0.29) is 12.0 Å². The van der Waals surface area contributed by atoms with Crippen LogP contribution in [0.3, 0.4) is 0 Å². The first-order chi connectivity index (χ1) is 12.0. The van der Waals surface area contributed by atoms with Crippen LogP contribution in [-0.4, -0.2) is 49.6 Å². The second-order valence-corrected chi connectivity index (χ2v) is 6.93. The summed E-state index contributed by atoms with van der Waals surface area (Å²) in [6, 6.07) is 0. The van der Waals surface area contributed by atoms with E-state index in [9.17, 15) is 4.79 Å². The van der Waals surface area contributed by atoms with Gasteiger partial charge in [0, 0.05) is 51.1 Å². The fourth-order valence-corrected chi connectivity index (χ4v) is 3.35. The van der Waals surface area contributed by atoms with Crippen LogP contribution in [0.4, 0.5) is 0 Å². The molecule has 136 valence electrons. The Morgan fingerprint density at radius 3 is 2.92 bits per heavy atom. The van der Waals surface area contributed by atoms with Gasteiger partial charge in [0.1, 0.15) is 17.8 Å². The molecule has 3 rings (SSSR count). The summed E-state index contributed by atoms with van der Waals surface area (Å²) in [6.07, 6.45) is 6.04. The second kappa shape index (κ2) is 7.39. The normalized spacial score (nSPS) is 18.1. The molecule has 2 aromatic heterocycles. The van der Waals surface area contributed by atoms with Crippen molar-refractivity contribution < 1.29 is 9.53 Å². The van der Waals surface area contributed by atoms with Gasteiger partial charge in [0.2, 0.25) is 5.91 Å². The topological polar surface area (TPSA) is 65.2 Å². The van der Waals surface area contributed by atoms with Crippen molar-refractivity contribution >= 4 is 5.91 Å². The van der Waals surface area contributed by atoms with Crippen LogP contribution in [0, 0.1) is 6.92 Å². The lowest BCUT2D eigenvalue weighted by Gasteiger charge is -2.32.